The fraction of sp³-hybridized carbons (Fsp3) is 0.417. The van der Waals surface area contributed by atoms with E-state index in [2.05, 4.69) is 10.6 Å². The minimum Gasteiger partial charge on any atom is -0.492 e. The first-order chi connectivity index (χ1) is 15.2. The lowest BCUT2D eigenvalue weighted by molar-refractivity contribution is -0.130. The van der Waals surface area contributed by atoms with Gasteiger partial charge in [0, 0.05) is 37.2 Å². The lowest BCUT2D eigenvalue weighted by Gasteiger charge is -2.22. The van der Waals surface area contributed by atoms with Crippen LogP contribution in [0.25, 0.3) is 0 Å². The minimum atomic E-state index is -0.724. The van der Waals surface area contributed by atoms with Crippen LogP contribution in [0.5, 0.6) is 5.75 Å². The Balaban J connectivity index is 1.71. The second-order valence-electron chi connectivity index (χ2n) is 8.06. The molecule has 2 aromatic carbocycles. The van der Waals surface area contributed by atoms with E-state index >= 15 is 0 Å². The van der Waals surface area contributed by atoms with Gasteiger partial charge in [-0.3, -0.25) is 9.59 Å². The Morgan fingerprint density at radius 3 is 2.34 bits per heavy atom. The van der Waals surface area contributed by atoms with Crippen molar-refractivity contribution >= 4 is 11.8 Å². The third-order valence-corrected chi connectivity index (χ3v) is 4.85. The fourth-order valence-corrected chi connectivity index (χ4v) is 3.10. The van der Waals surface area contributed by atoms with E-state index < -0.39 is 23.7 Å². The molecule has 0 radical (unpaired) electrons. The largest absolute Gasteiger partial charge is 0.492 e. The van der Waals surface area contributed by atoms with E-state index in [0.29, 0.717) is 19.4 Å². The topological polar surface area (TPSA) is 93.5 Å². The van der Waals surface area contributed by atoms with E-state index in [1.807, 2.05) is 44.2 Å². The average Bonchev–Trinajstić information content (AvgIpc) is 2.74. The highest BCUT2D eigenvalue weighted by atomic mass is 19.1. The SMILES string of the molecule is CC(C)[C@H](NC(=O)CCC[C@@H](N)COc1cc(F)cc(F)c1)C(=O)NCc1ccccc1. The normalized spacial score (nSPS) is 12.8. The van der Waals surface area contributed by atoms with E-state index in [4.69, 9.17) is 10.5 Å². The second-order valence-corrected chi connectivity index (χ2v) is 8.06. The van der Waals surface area contributed by atoms with Gasteiger partial charge in [-0.05, 0) is 24.3 Å². The van der Waals surface area contributed by atoms with Crippen molar-refractivity contribution in [1.82, 2.24) is 10.6 Å². The number of carbonyl (C=O) groups is 2. The summed E-state index contributed by atoms with van der Waals surface area (Å²) in [5, 5.41) is 5.65. The highest BCUT2D eigenvalue weighted by Crippen LogP contribution is 2.16. The van der Waals surface area contributed by atoms with Crippen molar-refractivity contribution in [1.29, 1.82) is 0 Å². The van der Waals surface area contributed by atoms with Gasteiger partial charge in [0.25, 0.3) is 0 Å². The van der Waals surface area contributed by atoms with Crippen LogP contribution in [0.4, 0.5) is 8.78 Å². The van der Waals surface area contributed by atoms with Gasteiger partial charge in [-0.1, -0.05) is 44.2 Å². The van der Waals surface area contributed by atoms with Crippen molar-refractivity contribution in [2.75, 3.05) is 6.61 Å². The molecule has 0 bridgehead atoms. The van der Waals surface area contributed by atoms with E-state index in [1.54, 1.807) is 0 Å². The molecule has 2 aromatic rings. The van der Waals surface area contributed by atoms with Crippen molar-refractivity contribution in [3.8, 4) is 5.75 Å². The number of ether oxygens (including phenoxy) is 1. The van der Waals surface area contributed by atoms with E-state index in [-0.39, 0.29) is 36.5 Å². The summed E-state index contributed by atoms with van der Waals surface area (Å²) in [5.74, 6) is -1.92. The summed E-state index contributed by atoms with van der Waals surface area (Å²) in [4.78, 5) is 24.9. The van der Waals surface area contributed by atoms with Gasteiger partial charge in [0.2, 0.25) is 11.8 Å². The van der Waals surface area contributed by atoms with Crippen LogP contribution in [0.3, 0.4) is 0 Å². The van der Waals surface area contributed by atoms with E-state index in [1.165, 1.54) is 0 Å². The van der Waals surface area contributed by atoms with Crippen molar-refractivity contribution in [2.45, 2.75) is 51.7 Å². The predicted molar refractivity (Wildman–Crippen MR) is 119 cm³/mol. The Morgan fingerprint density at radius 2 is 1.72 bits per heavy atom. The van der Waals surface area contributed by atoms with Crippen LogP contribution in [-0.2, 0) is 16.1 Å². The Kier molecular flexibility index (Phi) is 10.1. The Morgan fingerprint density at radius 1 is 1.06 bits per heavy atom. The number of nitrogens with one attached hydrogen (secondary N) is 2. The first-order valence-corrected chi connectivity index (χ1v) is 10.7. The van der Waals surface area contributed by atoms with Gasteiger partial charge >= 0.3 is 0 Å². The Hall–Kier alpha value is -3.00. The molecule has 2 rings (SSSR count). The van der Waals surface area contributed by atoms with Gasteiger partial charge in [0.1, 0.15) is 30.0 Å². The van der Waals surface area contributed by atoms with Gasteiger partial charge < -0.3 is 21.1 Å². The molecular weight excluding hydrogens is 416 g/mol. The zero-order valence-electron chi connectivity index (χ0n) is 18.4. The van der Waals surface area contributed by atoms with Gasteiger partial charge in [-0.15, -0.1) is 0 Å². The molecule has 174 valence electrons. The average molecular weight is 448 g/mol. The third-order valence-electron chi connectivity index (χ3n) is 4.85. The van der Waals surface area contributed by atoms with E-state index in [9.17, 15) is 18.4 Å². The highest BCUT2D eigenvalue weighted by molar-refractivity contribution is 5.87. The second kappa shape index (κ2) is 12.8. The molecule has 6 nitrogen and oxygen atoms in total. The predicted octanol–water partition coefficient (Wildman–Crippen LogP) is 3.30. The standard InChI is InChI=1S/C24H31F2N3O3/c1-16(2)23(24(31)28-14-17-7-4-3-5-8-17)29-22(30)10-6-9-20(27)15-32-21-12-18(25)11-19(26)13-21/h3-5,7-8,11-13,16,20,23H,6,9-10,14-15,27H2,1-2H3,(H,28,31)(H,29,30)/t20-,23+/m1/s1. The van der Waals surface area contributed by atoms with Crippen LogP contribution in [0.15, 0.2) is 48.5 Å². The maximum absolute atomic E-state index is 13.2. The Bertz CT molecular complexity index is 858. The molecule has 0 aliphatic carbocycles. The fourth-order valence-electron chi connectivity index (χ4n) is 3.10. The van der Waals surface area contributed by atoms with Crippen LogP contribution in [0, 0.1) is 17.6 Å². The van der Waals surface area contributed by atoms with Crippen molar-refractivity contribution in [3.05, 3.63) is 65.7 Å². The summed E-state index contributed by atoms with van der Waals surface area (Å²) >= 11 is 0. The molecular formula is C24H31F2N3O3. The zero-order valence-corrected chi connectivity index (χ0v) is 18.4. The quantitative estimate of drug-likeness (QED) is 0.465. The molecule has 0 spiro atoms. The van der Waals surface area contributed by atoms with Gasteiger partial charge in [0.05, 0.1) is 0 Å². The minimum absolute atomic E-state index is 0.0667. The molecule has 0 aromatic heterocycles. The number of benzene rings is 2. The van der Waals surface area contributed by atoms with Crippen LogP contribution in [-0.4, -0.2) is 30.5 Å². The summed E-state index contributed by atoms with van der Waals surface area (Å²) < 4.78 is 31.7. The molecule has 0 fully saturated rings. The molecule has 2 atom stereocenters. The number of hydrogen-bond acceptors (Lipinski definition) is 4. The van der Waals surface area contributed by atoms with Crippen molar-refractivity contribution < 1.29 is 23.1 Å². The molecule has 0 unspecified atom stereocenters. The highest BCUT2D eigenvalue weighted by Gasteiger charge is 2.23. The molecule has 2 amide bonds. The summed E-state index contributed by atoms with van der Waals surface area (Å²) in [5.41, 5.74) is 6.95. The lowest BCUT2D eigenvalue weighted by Crippen LogP contribution is -2.49. The van der Waals surface area contributed by atoms with Crippen LogP contribution in [0.1, 0.15) is 38.7 Å². The van der Waals surface area contributed by atoms with E-state index in [0.717, 1.165) is 23.8 Å². The number of amides is 2. The van der Waals surface area contributed by atoms with Crippen LogP contribution in [0.2, 0.25) is 0 Å². The molecule has 32 heavy (non-hydrogen) atoms. The van der Waals surface area contributed by atoms with Crippen LogP contribution >= 0.6 is 0 Å². The van der Waals surface area contributed by atoms with Gasteiger partial charge in [0.15, 0.2) is 0 Å². The summed E-state index contributed by atoms with van der Waals surface area (Å²) in [7, 11) is 0. The molecule has 0 saturated heterocycles. The van der Waals surface area contributed by atoms with Crippen molar-refractivity contribution in [3.63, 3.8) is 0 Å². The number of carbonyl (C=O) groups excluding carboxylic acids is 2. The molecule has 0 saturated carbocycles. The molecule has 0 heterocycles. The van der Waals surface area contributed by atoms with Gasteiger partial charge in [-0.2, -0.15) is 0 Å². The molecule has 4 N–H and O–H groups in total. The molecule has 0 aliphatic rings. The smallest absolute Gasteiger partial charge is 0.243 e. The molecule has 8 heteroatoms. The maximum atomic E-state index is 13.2. The number of hydrogen-bond donors (Lipinski definition) is 3. The zero-order chi connectivity index (χ0) is 23.5. The molecule has 0 aliphatic heterocycles. The summed E-state index contributed by atoms with van der Waals surface area (Å²) in [6.07, 6.45) is 1.18. The van der Waals surface area contributed by atoms with Crippen LogP contribution < -0.4 is 21.1 Å². The first-order valence-electron chi connectivity index (χ1n) is 10.7. The lowest BCUT2D eigenvalue weighted by atomic mass is 10.0. The third kappa shape index (κ3) is 9.01. The first kappa shape index (κ1) is 25.3. The number of nitrogens with two attached hydrogens (primary N) is 1. The number of rotatable bonds is 12. The number of halogens is 2. The summed E-state index contributed by atoms with van der Waals surface area (Å²) in [6, 6.07) is 11.4. The van der Waals surface area contributed by atoms with Gasteiger partial charge in [-0.25, -0.2) is 8.78 Å². The maximum Gasteiger partial charge on any atom is 0.243 e. The monoisotopic (exact) mass is 447 g/mol. The van der Waals surface area contributed by atoms with Crippen molar-refractivity contribution in [2.24, 2.45) is 11.7 Å². The Labute approximate surface area is 187 Å². The summed E-state index contributed by atoms with van der Waals surface area (Å²) in [6.45, 7) is 4.20.